The van der Waals surface area contributed by atoms with Crippen LogP contribution in [0.2, 0.25) is 0 Å². The Kier molecular flexibility index (Phi) is 1.69. The zero-order chi connectivity index (χ0) is 9.42. The first-order valence-corrected chi connectivity index (χ1v) is 4.12. The highest BCUT2D eigenvalue weighted by molar-refractivity contribution is 6.14. The van der Waals surface area contributed by atoms with Crippen molar-refractivity contribution in [3.8, 4) is 5.75 Å². The number of rotatable bonds is 1. The summed E-state index contributed by atoms with van der Waals surface area (Å²) in [7, 11) is 1.57. The van der Waals surface area contributed by atoms with Crippen LogP contribution in [0.15, 0.2) is 30.4 Å². The van der Waals surface area contributed by atoms with E-state index in [0.717, 1.165) is 5.56 Å². The Morgan fingerprint density at radius 2 is 2.23 bits per heavy atom. The van der Waals surface area contributed by atoms with Gasteiger partial charge in [-0.2, -0.15) is 0 Å². The van der Waals surface area contributed by atoms with Crippen molar-refractivity contribution in [1.29, 1.82) is 0 Å². The molecular formula is C11H10O2. The molecule has 0 saturated heterocycles. The smallest absolute Gasteiger partial charge is 0.192 e. The Labute approximate surface area is 76.8 Å². The molecule has 0 heterocycles. The molecule has 2 rings (SSSR count). The van der Waals surface area contributed by atoms with Crippen LogP contribution in [0.1, 0.15) is 15.9 Å². The van der Waals surface area contributed by atoms with Crippen LogP contribution in [0.25, 0.3) is 0 Å². The average Bonchev–Trinajstić information content (AvgIpc) is 2.43. The number of allylic oxidation sites excluding steroid dienone is 1. The minimum Gasteiger partial charge on any atom is -0.496 e. The topological polar surface area (TPSA) is 26.3 Å². The zero-order valence-electron chi connectivity index (χ0n) is 7.46. The molecule has 66 valence electrons. The number of fused-ring (bicyclic) bond motifs is 1. The van der Waals surface area contributed by atoms with Gasteiger partial charge in [0.15, 0.2) is 5.78 Å². The Morgan fingerprint density at radius 1 is 1.46 bits per heavy atom. The lowest BCUT2D eigenvalue weighted by molar-refractivity contribution is 0.103. The predicted molar refractivity (Wildman–Crippen MR) is 50.2 cm³/mol. The first kappa shape index (κ1) is 8.05. The standard InChI is InChI=1S/C11H10O2/c1-7-6-8-4-3-5-9(13-2)10(8)11(7)12/h3-5H,1,6H2,2H3. The second kappa shape index (κ2) is 2.73. The van der Waals surface area contributed by atoms with Crippen molar-refractivity contribution in [3.63, 3.8) is 0 Å². The number of ketones is 1. The summed E-state index contributed by atoms with van der Waals surface area (Å²) < 4.78 is 5.11. The minimum absolute atomic E-state index is 0.0208. The third-order valence-corrected chi connectivity index (χ3v) is 2.28. The fourth-order valence-electron chi connectivity index (χ4n) is 1.64. The first-order valence-electron chi connectivity index (χ1n) is 4.12. The van der Waals surface area contributed by atoms with Gasteiger partial charge in [-0.25, -0.2) is 0 Å². The van der Waals surface area contributed by atoms with Crippen LogP contribution in [0.3, 0.4) is 0 Å². The molecule has 0 aromatic heterocycles. The number of Topliss-reactive ketones (excluding diaryl/α,β-unsaturated/α-hetero) is 1. The summed E-state index contributed by atoms with van der Waals surface area (Å²) in [4.78, 5) is 11.6. The van der Waals surface area contributed by atoms with E-state index in [1.807, 2.05) is 12.1 Å². The van der Waals surface area contributed by atoms with E-state index in [2.05, 4.69) is 6.58 Å². The second-order valence-corrected chi connectivity index (χ2v) is 3.10. The predicted octanol–water partition coefficient (Wildman–Crippen LogP) is 1.99. The number of carbonyl (C=O) groups is 1. The summed E-state index contributed by atoms with van der Waals surface area (Å²) in [6.45, 7) is 3.72. The van der Waals surface area contributed by atoms with Crippen molar-refractivity contribution in [1.82, 2.24) is 0 Å². The van der Waals surface area contributed by atoms with E-state index in [9.17, 15) is 4.79 Å². The average molecular weight is 174 g/mol. The molecule has 1 aromatic rings. The van der Waals surface area contributed by atoms with Gasteiger partial charge in [-0.15, -0.1) is 0 Å². The largest absolute Gasteiger partial charge is 0.496 e. The fourth-order valence-corrected chi connectivity index (χ4v) is 1.64. The van der Waals surface area contributed by atoms with Gasteiger partial charge < -0.3 is 4.74 Å². The van der Waals surface area contributed by atoms with E-state index in [1.165, 1.54) is 0 Å². The molecule has 0 radical (unpaired) electrons. The molecule has 0 unspecified atom stereocenters. The van der Waals surface area contributed by atoms with Crippen LogP contribution in [0.4, 0.5) is 0 Å². The van der Waals surface area contributed by atoms with Crippen molar-refractivity contribution in [2.24, 2.45) is 0 Å². The zero-order valence-corrected chi connectivity index (χ0v) is 7.46. The lowest BCUT2D eigenvalue weighted by atomic mass is 10.1. The lowest BCUT2D eigenvalue weighted by Crippen LogP contribution is -1.97. The highest BCUT2D eigenvalue weighted by Crippen LogP contribution is 2.32. The van der Waals surface area contributed by atoms with Crippen LogP contribution in [-0.4, -0.2) is 12.9 Å². The van der Waals surface area contributed by atoms with Crippen LogP contribution in [-0.2, 0) is 6.42 Å². The van der Waals surface area contributed by atoms with Gasteiger partial charge in [0, 0.05) is 6.42 Å². The Hall–Kier alpha value is -1.57. The number of ether oxygens (including phenoxy) is 1. The van der Waals surface area contributed by atoms with Gasteiger partial charge in [0.1, 0.15) is 5.75 Å². The Bertz CT molecular complexity index is 391. The van der Waals surface area contributed by atoms with Crippen molar-refractivity contribution < 1.29 is 9.53 Å². The maximum atomic E-state index is 11.6. The van der Waals surface area contributed by atoms with Crippen molar-refractivity contribution >= 4 is 5.78 Å². The number of carbonyl (C=O) groups excluding carboxylic acids is 1. The lowest BCUT2D eigenvalue weighted by Gasteiger charge is -2.03. The van der Waals surface area contributed by atoms with Gasteiger partial charge in [-0.3, -0.25) is 4.79 Å². The Morgan fingerprint density at radius 3 is 2.92 bits per heavy atom. The third-order valence-electron chi connectivity index (χ3n) is 2.28. The summed E-state index contributed by atoms with van der Waals surface area (Å²) in [6.07, 6.45) is 0.658. The van der Waals surface area contributed by atoms with Crippen LogP contribution in [0.5, 0.6) is 5.75 Å². The molecule has 0 N–H and O–H groups in total. The molecule has 0 spiro atoms. The highest BCUT2D eigenvalue weighted by atomic mass is 16.5. The molecule has 0 saturated carbocycles. The number of hydrogen-bond donors (Lipinski definition) is 0. The monoisotopic (exact) mass is 174 g/mol. The molecule has 0 amide bonds. The molecule has 1 aliphatic rings. The summed E-state index contributed by atoms with van der Waals surface area (Å²) in [5, 5.41) is 0. The quantitative estimate of drug-likeness (QED) is 0.608. The van der Waals surface area contributed by atoms with Gasteiger partial charge >= 0.3 is 0 Å². The molecule has 2 heteroatoms. The molecule has 0 fully saturated rings. The molecular weight excluding hydrogens is 164 g/mol. The summed E-state index contributed by atoms with van der Waals surface area (Å²) in [5.41, 5.74) is 2.36. The van der Waals surface area contributed by atoms with E-state index in [1.54, 1.807) is 13.2 Å². The van der Waals surface area contributed by atoms with Gasteiger partial charge in [-0.1, -0.05) is 18.7 Å². The van der Waals surface area contributed by atoms with Crippen LogP contribution >= 0.6 is 0 Å². The highest BCUT2D eigenvalue weighted by Gasteiger charge is 2.26. The summed E-state index contributed by atoms with van der Waals surface area (Å²) >= 11 is 0. The number of methoxy groups -OCH3 is 1. The number of hydrogen-bond acceptors (Lipinski definition) is 2. The van der Waals surface area contributed by atoms with E-state index >= 15 is 0 Å². The molecule has 13 heavy (non-hydrogen) atoms. The maximum absolute atomic E-state index is 11.6. The molecule has 0 aliphatic heterocycles. The SMILES string of the molecule is C=C1Cc2cccc(OC)c2C1=O. The molecule has 0 bridgehead atoms. The summed E-state index contributed by atoms with van der Waals surface area (Å²) in [6, 6.07) is 5.63. The molecule has 2 nitrogen and oxygen atoms in total. The molecule has 0 atom stereocenters. The van der Waals surface area contributed by atoms with Gasteiger partial charge in [0.25, 0.3) is 0 Å². The third kappa shape index (κ3) is 1.06. The van der Waals surface area contributed by atoms with E-state index in [0.29, 0.717) is 23.3 Å². The maximum Gasteiger partial charge on any atom is 0.192 e. The van der Waals surface area contributed by atoms with Crippen molar-refractivity contribution in [2.75, 3.05) is 7.11 Å². The molecule has 1 aromatic carbocycles. The van der Waals surface area contributed by atoms with E-state index in [4.69, 9.17) is 4.74 Å². The molecule has 1 aliphatic carbocycles. The van der Waals surface area contributed by atoms with Gasteiger partial charge in [-0.05, 0) is 17.2 Å². The minimum atomic E-state index is 0.0208. The summed E-state index contributed by atoms with van der Waals surface area (Å²) in [5.74, 6) is 0.675. The van der Waals surface area contributed by atoms with Crippen molar-refractivity contribution in [2.45, 2.75) is 6.42 Å². The Balaban J connectivity index is 2.64. The van der Waals surface area contributed by atoms with Crippen LogP contribution < -0.4 is 4.74 Å². The van der Waals surface area contributed by atoms with E-state index < -0.39 is 0 Å². The number of benzene rings is 1. The van der Waals surface area contributed by atoms with Gasteiger partial charge in [0.05, 0.1) is 12.7 Å². The van der Waals surface area contributed by atoms with Crippen LogP contribution in [0, 0.1) is 0 Å². The van der Waals surface area contributed by atoms with E-state index in [-0.39, 0.29) is 5.78 Å². The first-order chi connectivity index (χ1) is 6.24. The van der Waals surface area contributed by atoms with Crippen molar-refractivity contribution in [3.05, 3.63) is 41.5 Å². The fraction of sp³-hybridized carbons (Fsp3) is 0.182. The van der Waals surface area contributed by atoms with Gasteiger partial charge in [0.2, 0.25) is 0 Å². The normalized spacial score (nSPS) is 14.5. The second-order valence-electron chi connectivity index (χ2n) is 3.10.